The maximum absolute atomic E-state index is 11.7. The van der Waals surface area contributed by atoms with E-state index in [-0.39, 0.29) is 0 Å². The summed E-state index contributed by atoms with van der Waals surface area (Å²) in [6.07, 6.45) is 1.87. The van der Waals surface area contributed by atoms with Crippen LogP contribution in [-0.4, -0.2) is 16.8 Å². The van der Waals surface area contributed by atoms with Gasteiger partial charge in [0.15, 0.2) is 0 Å². The van der Waals surface area contributed by atoms with Crippen molar-refractivity contribution in [3.8, 4) is 0 Å². The molecule has 0 spiro atoms. The van der Waals surface area contributed by atoms with Crippen molar-refractivity contribution < 1.29 is 14.6 Å². The second-order valence-electron chi connectivity index (χ2n) is 5.95. The molecule has 1 aliphatic carbocycles. The fraction of sp³-hybridized carbons (Fsp3) is 0.533. The van der Waals surface area contributed by atoms with Gasteiger partial charge in [-0.2, -0.15) is 0 Å². The van der Waals surface area contributed by atoms with Crippen LogP contribution in [0.2, 0.25) is 0 Å². The van der Waals surface area contributed by atoms with Crippen LogP contribution in [0.25, 0.3) is 0 Å². The Kier molecular flexibility index (Phi) is 3.80. The lowest BCUT2D eigenvalue weighted by molar-refractivity contribution is 0.0635. The van der Waals surface area contributed by atoms with Gasteiger partial charge in [0, 0.05) is 5.69 Å². The SMILES string of the molecule is CC(C)(C)OC(=O)Nc1ccc2c(c1)[C@H](O)CCC2. The molecule has 0 aromatic heterocycles. The van der Waals surface area contributed by atoms with Gasteiger partial charge in [-0.05, 0) is 63.3 Å². The van der Waals surface area contributed by atoms with Crippen molar-refractivity contribution in [3.63, 3.8) is 0 Å². The number of nitrogens with one attached hydrogen (secondary N) is 1. The Hall–Kier alpha value is -1.55. The van der Waals surface area contributed by atoms with E-state index in [1.807, 2.05) is 39.0 Å². The summed E-state index contributed by atoms with van der Waals surface area (Å²) in [4.78, 5) is 11.7. The lowest BCUT2D eigenvalue weighted by Gasteiger charge is -2.23. The molecule has 0 aliphatic heterocycles. The number of ether oxygens (including phenoxy) is 1. The van der Waals surface area contributed by atoms with Crippen molar-refractivity contribution in [2.45, 2.75) is 51.7 Å². The zero-order chi connectivity index (χ0) is 14.0. The van der Waals surface area contributed by atoms with E-state index in [4.69, 9.17) is 4.74 Å². The van der Waals surface area contributed by atoms with Crippen molar-refractivity contribution in [2.75, 3.05) is 5.32 Å². The van der Waals surface area contributed by atoms with Crippen molar-refractivity contribution >= 4 is 11.8 Å². The van der Waals surface area contributed by atoms with Gasteiger partial charge in [-0.15, -0.1) is 0 Å². The topological polar surface area (TPSA) is 58.6 Å². The smallest absolute Gasteiger partial charge is 0.412 e. The highest BCUT2D eigenvalue weighted by atomic mass is 16.6. The molecule has 4 nitrogen and oxygen atoms in total. The van der Waals surface area contributed by atoms with Crippen LogP contribution in [0.15, 0.2) is 18.2 Å². The summed E-state index contributed by atoms with van der Waals surface area (Å²) < 4.78 is 5.20. The molecule has 1 amide bonds. The van der Waals surface area contributed by atoms with E-state index in [0.29, 0.717) is 5.69 Å². The molecule has 0 saturated heterocycles. The van der Waals surface area contributed by atoms with Crippen LogP contribution in [0, 0.1) is 0 Å². The predicted octanol–water partition coefficient (Wildman–Crippen LogP) is 3.40. The molecule has 0 saturated carbocycles. The number of hydrogen-bond donors (Lipinski definition) is 2. The zero-order valence-electron chi connectivity index (χ0n) is 11.7. The number of aliphatic hydroxyl groups is 1. The standard InChI is InChI=1S/C15H21NO3/c1-15(2,3)19-14(18)16-11-8-7-10-5-4-6-13(17)12(10)9-11/h7-9,13,17H,4-6H2,1-3H3,(H,16,18)/t13-/m1/s1. The van der Waals surface area contributed by atoms with Crippen LogP contribution < -0.4 is 5.32 Å². The molecule has 0 unspecified atom stereocenters. The van der Waals surface area contributed by atoms with E-state index >= 15 is 0 Å². The van der Waals surface area contributed by atoms with E-state index < -0.39 is 17.8 Å². The Morgan fingerprint density at radius 1 is 1.42 bits per heavy atom. The number of rotatable bonds is 1. The number of aliphatic hydroxyl groups excluding tert-OH is 1. The zero-order valence-corrected chi connectivity index (χ0v) is 11.7. The van der Waals surface area contributed by atoms with Gasteiger partial charge in [-0.3, -0.25) is 5.32 Å². The van der Waals surface area contributed by atoms with Gasteiger partial charge in [0.1, 0.15) is 5.60 Å². The molecule has 1 aromatic carbocycles. The van der Waals surface area contributed by atoms with Crippen LogP contribution in [-0.2, 0) is 11.2 Å². The van der Waals surface area contributed by atoms with Crippen LogP contribution in [0.4, 0.5) is 10.5 Å². The minimum atomic E-state index is -0.516. The molecule has 1 aliphatic rings. The predicted molar refractivity (Wildman–Crippen MR) is 74.2 cm³/mol. The summed E-state index contributed by atoms with van der Waals surface area (Å²) in [5.41, 5.74) is 2.22. The lowest BCUT2D eigenvalue weighted by atomic mass is 9.89. The Balaban J connectivity index is 2.10. The Morgan fingerprint density at radius 2 is 2.16 bits per heavy atom. The van der Waals surface area contributed by atoms with E-state index in [9.17, 15) is 9.90 Å². The largest absolute Gasteiger partial charge is 0.444 e. The second-order valence-corrected chi connectivity index (χ2v) is 5.95. The molecule has 0 radical (unpaired) electrons. The van der Waals surface area contributed by atoms with Crippen LogP contribution >= 0.6 is 0 Å². The average molecular weight is 263 g/mol. The molecule has 4 heteroatoms. The Bertz CT molecular complexity index is 477. The summed E-state index contributed by atoms with van der Waals surface area (Å²) in [5, 5.41) is 12.7. The van der Waals surface area contributed by atoms with Gasteiger partial charge >= 0.3 is 6.09 Å². The number of benzene rings is 1. The highest BCUT2D eigenvalue weighted by molar-refractivity contribution is 5.85. The van der Waals surface area contributed by atoms with Crippen molar-refractivity contribution in [2.24, 2.45) is 0 Å². The average Bonchev–Trinajstić information content (AvgIpc) is 2.27. The molecule has 2 N–H and O–H groups in total. The number of carbonyl (C=O) groups is 1. The third-order valence-corrected chi connectivity index (χ3v) is 3.07. The van der Waals surface area contributed by atoms with Crippen LogP contribution in [0.5, 0.6) is 0 Å². The number of hydrogen-bond acceptors (Lipinski definition) is 3. The molecule has 0 fully saturated rings. The summed E-state index contributed by atoms with van der Waals surface area (Å²) >= 11 is 0. The van der Waals surface area contributed by atoms with Gasteiger partial charge in [-0.25, -0.2) is 4.79 Å². The molecule has 0 heterocycles. The fourth-order valence-corrected chi connectivity index (χ4v) is 2.27. The third kappa shape index (κ3) is 3.70. The minimum Gasteiger partial charge on any atom is -0.444 e. The van der Waals surface area contributed by atoms with Gasteiger partial charge in [0.25, 0.3) is 0 Å². The van der Waals surface area contributed by atoms with E-state index in [2.05, 4.69) is 5.32 Å². The maximum atomic E-state index is 11.7. The third-order valence-electron chi connectivity index (χ3n) is 3.07. The normalized spacial score (nSPS) is 18.6. The fourth-order valence-electron chi connectivity index (χ4n) is 2.27. The number of amides is 1. The van der Waals surface area contributed by atoms with Gasteiger partial charge in [-0.1, -0.05) is 6.07 Å². The molecule has 104 valence electrons. The summed E-state index contributed by atoms with van der Waals surface area (Å²) in [6.45, 7) is 5.47. The van der Waals surface area contributed by atoms with Crippen molar-refractivity contribution in [3.05, 3.63) is 29.3 Å². The van der Waals surface area contributed by atoms with Crippen LogP contribution in [0.3, 0.4) is 0 Å². The maximum Gasteiger partial charge on any atom is 0.412 e. The Labute approximate surface area is 113 Å². The molecule has 1 aromatic rings. The lowest BCUT2D eigenvalue weighted by Crippen LogP contribution is -2.27. The second kappa shape index (κ2) is 5.21. The monoisotopic (exact) mass is 263 g/mol. The molecule has 2 rings (SSSR count). The quantitative estimate of drug-likeness (QED) is 0.816. The number of aryl methyl sites for hydroxylation is 1. The number of carbonyl (C=O) groups excluding carboxylic acids is 1. The van der Waals surface area contributed by atoms with E-state index in [0.717, 1.165) is 30.4 Å². The first kappa shape index (κ1) is 13.9. The van der Waals surface area contributed by atoms with Crippen molar-refractivity contribution in [1.82, 2.24) is 0 Å². The van der Waals surface area contributed by atoms with Gasteiger partial charge in [0.05, 0.1) is 6.10 Å². The minimum absolute atomic E-state index is 0.427. The van der Waals surface area contributed by atoms with Crippen LogP contribution in [0.1, 0.15) is 50.8 Å². The number of anilines is 1. The first-order valence-corrected chi connectivity index (χ1v) is 6.66. The first-order valence-electron chi connectivity index (χ1n) is 6.66. The molecular weight excluding hydrogens is 242 g/mol. The van der Waals surface area contributed by atoms with Gasteiger partial charge < -0.3 is 9.84 Å². The molecule has 0 bridgehead atoms. The molecule has 19 heavy (non-hydrogen) atoms. The van der Waals surface area contributed by atoms with E-state index in [1.165, 1.54) is 0 Å². The highest BCUT2D eigenvalue weighted by Gasteiger charge is 2.20. The summed E-state index contributed by atoms with van der Waals surface area (Å²) in [7, 11) is 0. The number of fused-ring (bicyclic) bond motifs is 1. The van der Waals surface area contributed by atoms with Gasteiger partial charge in [0.2, 0.25) is 0 Å². The highest BCUT2D eigenvalue weighted by Crippen LogP contribution is 2.31. The van der Waals surface area contributed by atoms with Crippen molar-refractivity contribution in [1.29, 1.82) is 0 Å². The summed E-state index contributed by atoms with van der Waals surface area (Å²) in [6, 6.07) is 5.65. The first-order chi connectivity index (χ1) is 8.85. The molecule has 1 atom stereocenters. The Morgan fingerprint density at radius 3 is 2.84 bits per heavy atom. The molecular formula is C15H21NO3. The van der Waals surface area contributed by atoms with E-state index in [1.54, 1.807) is 0 Å². The summed E-state index contributed by atoms with van der Waals surface area (Å²) in [5.74, 6) is 0.